The topological polar surface area (TPSA) is 47.6 Å². The van der Waals surface area contributed by atoms with Gasteiger partial charge in [-0.3, -0.25) is 4.79 Å². The van der Waals surface area contributed by atoms with Crippen LogP contribution < -0.4 is 10.1 Å². The van der Waals surface area contributed by atoms with E-state index in [1.807, 2.05) is 24.3 Å². The minimum atomic E-state index is -0.278. The fourth-order valence-corrected chi connectivity index (χ4v) is 3.03. The summed E-state index contributed by atoms with van der Waals surface area (Å²) in [6.45, 7) is 0.638. The van der Waals surface area contributed by atoms with Crippen molar-refractivity contribution in [1.82, 2.24) is 5.32 Å². The molecule has 0 spiro atoms. The van der Waals surface area contributed by atoms with Crippen molar-refractivity contribution in [2.45, 2.75) is 18.6 Å². The van der Waals surface area contributed by atoms with Crippen LogP contribution in [0.2, 0.25) is 0 Å². The van der Waals surface area contributed by atoms with Gasteiger partial charge in [-0.1, -0.05) is 24.3 Å². The van der Waals surface area contributed by atoms with Gasteiger partial charge in [-0.15, -0.1) is 12.4 Å². The van der Waals surface area contributed by atoms with Crippen LogP contribution in [-0.4, -0.2) is 31.8 Å². The Kier molecular flexibility index (Phi) is 5.67. The predicted octanol–water partition coefficient (Wildman–Crippen LogP) is 3.31. The van der Waals surface area contributed by atoms with Gasteiger partial charge in [-0.2, -0.15) is 0 Å². The summed E-state index contributed by atoms with van der Waals surface area (Å²) >= 11 is 3.55. The first-order valence-electron chi connectivity index (χ1n) is 6.83. The number of fused-ring (bicyclic) bond motifs is 1. The van der Waals surface area contributed by atoms with E-state index in [0.717, 1.165) is 21.0 Å². The third-order valence-electron chi connectivity index (χ3n) is 3.67. The number of halogens is 2. The minimum absolute atomic E-state index is 0. The molecule has 1 aliphatic heterocycles. The molecule has 6 heteroatoms. The van der Waals surface area contributed by atoms with Crippen molar-refractivity contribution in [2.24, 2.45) is 0 Å². The molecule has 1 aliphatic rings. The Morgan fingerprint density at radius 1 is 1.27 bits per heavy atom. The quantitative estimate of drug-likeness (QED) is 0.822. The maximum absolute atomic E-state index is 11.5. The van der Waals surface area contributed by atoms with Gasteiger partial charge in [-0.05, 0) is 38.8 Å². The first-order chi connectivity index (χ1) is 10.2. The lowest BCUT2D eigenvalue weighted by atomic mass is 10.1. The maximum Gasteiger partial charge on any atom is 0.323 e. The molecule has 2 aromatic rings. The Labute approximate surface area is 143 Å². The fraction of sp³-hybridized carbons (Fsp3) is 0.312. The Bertz CT molecular complexity index is 679. The molecule has 118 valence electrons. The highest BCUT2D eigenvalue weighted by Gasteiger charge is 2.31. The molecule has 0 aromatic heterocycles. The van der Waals surface area contributed by atoms with Gasteiger partial charge in [0, 0.05) is 13.0 Å². The Morgan fingerprint density at radius 2 is 1.95 bits per heavy atom. The van der Waals surface area contributed by atoms with Crippen molar-refractivity contribution in [2.75, 3.05) is 13.7 Å². The summed E-state index contributed by atoms with van der Waals surface area (Å²) in [4.78, 5) is 11.5. The van der Waals surface area contributed by atoms with E-state index in [4.69, 9.17) is 9.47 Å². The van der Waals surface area contributed by atoms with Crippen molar-refractivity contribution in [3.63, 3.8) is 0 Å². The molecule has 0 aliphatic carbocycles. The summed E-state index contributed by atoms with van der Waals surface area (Å²) in [6, 6.07) is 11.9. The van der Waals surface area contributed by atoms with Gasteiger partial charge in [0.05, 0.1) is 11.6 Å². The molecule has 1 N–H and O–H groups in total. The van der Waals surface area contributed by atoms with Crippen LogP contribution in [0.4, 0.5) is 0 Å². The average molecular weight is 387 g/mol. The second kappa shape index (κ2) is 7.31. The molecule has 3 rings (SSSR count). The summed E-state index contributed by atoms with van der Waals surface area (Å²) in [5, 5.41) is 5.41. The normalized spacial score (nSPS) is 20.5. The van der Waals surface area contributed by atoms with Gasteiger partial charge >= 0.3 is 5.97 Å². The first-order valence-corrected chi connectivity index (χ1v) is 7.63. The number of esters is 1. The van der Waals surface area contributed by atoms with Crippen LogP contribution in [0.3, 0.4) is 0 Å². The van der Waals surface area contributed by atoms with E-state index in [2.05, 4.69) is 33.4 Å². The summed E-state index contributed by atoms with van der Waals surface area (Å²) in [5.74, 6) is 0.560. The number of rotatable bonds is 3. The number of hydrogen-bond acceptors (Lipinski definition) is 4. The van der Waals surface area contributed by atoms with Gasteiger partial charge in [0.2, 0.25) is 0 Å². The lowest BCUT2D eigenvalue weighted by molar-refractivity contribution is -0.142. The van der Waals surface area contributed by atoms with E-state index in [1.54, 1.807) is 0 Å². The van der Waals surface area contributed by atoms with Gasteiger partial charge in [0.15, 0.2) is 0 Å². The lowest BCUT2D eigenvalue weighted by Crippen LogP contribution is -2.31. The zero-order valence-electron chi connectivity index (χ0n) is 12.0. The maximum atomic E-state index is 11.5. The van der Waals surface area contributed by atoms with Crippen LogP contribution in [0.15, 0.2) is 40.9 Å². The van der Waals surface area contributed by atoms with Crippen molar-refractivity contribution in [3.8, 4) is 5.75 Å². The molecule has 0 bridgehead atoms. The number of carbonyl (C=O) groups is 1. The van der Waals surface area contributed by atoms with Crippen molar-refractivity contribution >= 4 is 45.1 Å². The van der Waals surface area contributed by atoms with Crippen molar-refractivity contribution < 1.29 is 14.3 Å². The fourth-order valence-electron chi connectivity index (χ4n) is 2.58. The average Bonchev–Trinajstić information content (AvgIpc) is 2.96. The molecule has 1 fully saturated rings. The standard InChI is InChI=1S/C16H16BrNO3.ClH/c1-20-16(19)14-8-12(9-18-14)21-15-7-11-5-3-2-4-10(11)6-13(15)17;/h2-7,12,14,18H,8-9H2,1H3;1H/t12-,14+;/m1./s1. The number of ether oxygens (including phenoxy) is 2. The number of benzene rings is 2. The number of hydrogen-bond donors (Lipinski definition) is 1. The molecule has 0 unspecified atom stereocenters. The van der Waals surface area contributed by atoms with Crippen LogP contribution in [0.1, 0.15) is 6.42 Å². The van der Waals surface area contributed by atoms with Gasteiger partial charge in [0.1, 0.15) is 17.9 Å². The molecule has 1 heterocycles. The highest BCUT2D eigenvalue weighted by molar-refractivity contribution is 9.10. The largest absolute Gasteiger partial charge is 0.488 e. The highest BCUT2D eigenvalue weighted by atomic mass is 79.9. The molecular formula is C16H17BrClNO3. The Morgan fingerprint density at radius 3 is 2.64 bits per heavy atom. The smallest absolute Gasteiger partial charge is 0.323 e. The highest BCUT2D eigenvalue weighted by Crippen LogP contribution is 2.32. The second-order valence-electron chi connectivity index (χ2n) is 5.09. The summed E-state index contributed by atoms with van der Waals surface area (Å²) in [6.07, 6.45) is 0.581. The summed E-state index contributed by atoms with van der Waals surface area (Å²) in [5.41, 5.74) is 0. The molecular weight excluding hydrogens is 370 g/mol. The van der Waals surface area contributed by atoms with E-state index in [-0.39, 0.29) is 30.5 Å². The van der Waals surface area contributed by atoms with Crippen LogP contribution in [0.25, 0.3) is 10.8 Å². The SMILES string of the molecule is COC(=O)[C@@H]1C[C@@H](Oc2cc3ccccc3cc2Br)CN1.Cl. The molecule has 0 amide bonds. The number of carbonyl (C=O) groups excluding carboxylic acids is 1. The monoisotopic (exact) mass is 385 g/mol. The van der Waals surface area contributed by atoms with Gasteiger partial charge < -0.3 is 14.8 Å². The van der Waals surface area contributed by atoms with E-state index in [1.165, 1.54) is 7.11 Å². The molecule has 0 saturated carbocycles. The molecule has 4 nitrogen and oxygen atoms in total. The van der Waals surface area contributed by atoms with E-state index in [0.29, 0.717) is 13.0 Å². The summed E-state index contributed by atoms with van der Waals surface area (Å²) < 4.78 is 11.7. The van der Waals surface area contributed by atoms with E-state index < -0.39 is 0 Å². The molecule has 0 radical (unpaired) electrons. The Hall–Kier alpha value is -1.30. The third-order valence-corrected chi connectivity index (χ3v) is 4.29. The van der Waals surface area contributed by atoms with E-state index >= 15 is 0 Å². The Balaban J connectivity index is 0.00000176. The van der Waals surface area contributed by atoms with Gasteiger partial charge in [0.25, 0.3) is 0 Å². The minimum Gasteiger partial charge on any atom is -0.488 e. The van der Waals surface area contributed by atoms with Crippen molar-refractivity contribution in [3.05, 3.63) is 40.9 Å². The lowest BCUT2D eigenvalue weighted by Gasteiger charge is -2.15. The number of nitrogens with one attached hydrogen (secondary N) is 1. The first kappa shape index (κ1) is 17.1. The van der Waals surface area contributed by atoms with Gasteiger partial charge in [-0.25, -0.2) is 0 Å². The van der Waals surface area contributed by atoms with E-state index in [9.17, 15) is 4.79 Å². The van der Waals surface area contributed by atoms with Crippen molar-refractivity contribution in [1.29, 1.82) is 0 Å². The predicted molar refractivity (Wildman–Crippen MR) is 91.7 cm³/mol. The van der Waals surface area contributed by atoms with Crippen LogP contribution in [0.5, 0.6) is 5.75 Å². The van der Waals surface area contributed by atoms with Crippen LogP contribution in [-0.2, 0) is 9.53 Å². The molecule has 2 atom stereocenters. The van der Waals surface area contributed by atoms with Crippen LogP contribution in [0, 0.1) is 0 Å². The third kappa shape index (κ3) is 3.54. The second-order valence-corrected chi connectivity index (χ2v) is 5.94. The zero-order chi connectivity index (χ0) is 14.8. The molecule has 1 saturated heterocycles. The van der Waals surface area contributed by atoms with Crippen LogP contribution >= 0.6 is 28.3 Å². The molecule has 2 aromatic carbocycles. The number of methoxy groups -OCH3 is 1. The zero-order valence-corrected chi connectivity index (χ0v) is 14.4. The summed E-state index contributed by atoms with van der Waals surface area (Å²) in [7, 11) is 1.40. The molecule has 22 heavy (non-hydrogen) atoms.